The van der Waals surface area contributed by atoms with Crippen LogP contribution in [0.4, 0.5) is 0 Å². The lowest BCUT2D eigenvalue weighted by Crippen LogP contribution is -2.42. The van der Waals surface area contributed by atoms with E-state index in [0.29, 0.717) is 5.92 Å². The molecule has 1 unspecified atom stereocenters. The first-order valence-electron chi connectivity index (χ1n) is 7.02. The number of nitrogens with two attached hydrogens (primary N) is 1. The van der Waals surface area contributed by atoms with E-state index in [4.69, 9.17) is 29.0 Å². The second kappa shape index (κ2) is 8.80. The molecule has 0 saturated heterocycles. The zero-order chi connectivity index (χ0) is 14.3. The van der Waals surface area contributed by atoms with Crippen LogP contribution in [0.1, 0.15) is 45.1 Å². The highest BCUT2D eigenvalue weighted by Gasteiger charge is 2.20. The van der Waals surface area contributed by atoms with E-state index in [1.54, 1.807) is 0 Å². The Morgan fingerprint density at radius 1 is 1.16 bits per heavy atom. The zero-order valence-electron chi connectivity index (χ0n) is 11.8. The number of hydrazine groups is 1. The Hall–Kier alpha value is -0.280. The van der Waals surface area contributed by atoms with Crippen molar-refractivity contribution >= 4 is 23.2 Å². The molecule has 1 aromatic carbocycles. The van der Waals surface area contributed by atoms with E-state index in [0.717, 1.165) is 22.0 Å². The molecular weight excluding hydrogens is 279 g/mol. The molecule has 1 atom stereocenters. The number of benzene rings is 1. The van der Waals surface area contributed by atoms with Crippen molar-refractivity contribution < 1.29 is 0 Å². The highest BCUT2D eigenvalue weighted by molar-refractivity contribution is 6.33. The molecule has 0 amide bonds. The molecule has 3 N–H and O–H groups in total. The average molecular weight is 303 g/mol. The fourth-order valence-electron chi connectivity index (χ4n) is 2.59. The van der Waals surface area contributed by atoms with Crippen molar-refractivity contribution in [3.05, 3.63) is 33.8 Å². The summed E-state index contributed by atoms with van der Waals surface area (Å²) in [6.07, 6.45) is 5.53. The van der Waals surface area contributed by atoms with Crippen LogP contribution in [-0.4, -0.2) is 6.04 Å². The quantitative estimate of drug-likeness (QED) is 0.545. The Bertz CT molecular complexity index is 376. The minimum absolute atomic E-state index is 0.246. The average Bonchev–Trinajstić information content (AvgIpc) is 2.39. The summed E-state index contributed by atoms with van der Waals surface area (Å²) in [7, 11) is 0. The predicted molar refractivity (Wildman–Crippen MR) is 84.6 cm³/mol. The number of rotatable bonds is 8. The van der Waals surface area contributed by atoms with Crippen LogP contribution in [0.3, 0.4) is 0 Å². The van der Waals surface area contributed by atoms with Crippen molar-refractivity contribution in [1.29, 1.82) is 0 Å². The molecule has 0 aliphatic heterocycles. The summed E-state index contributed by atoms with van der Waals surface area (Å²) in [6.45, 7) is 4.42. The highest BCUT2D eigenvalue weighted by Crippen LogP contribution is 2.26. The summed E-state index contributed by atoms with van der Waals surface area (Å²) in [4.78, 5) is 0. The minimum atomic E-state index is 0.246. The number of hydrogen-bond acceptors (Lipinski definition) is 2. The second-order valence-electron chi connectivity index (χ2n) is 5.05. The molecule has 0 heterocycles. The maximum atomic E-state index is 6.23. The molecule has 2 nitrogen and oxygen atoms in total. The molecular formula is C15H24Cl2N2. The second-order valence-corrected chi connectivity index (χ2v) is 5.89. The molecule has 0 radical (unpaired) electrons. The van der Waals surface area contributed by atoms with E-state index in [9.17, 15) is 0 Å². The third-order valence-electron chi connectivity index (χ3n) is 3.55. The summed E-state index contributed by atoms with van der Waals surface area (Å²) in [5.74, 6) is 6.32. The smallest absolute Gasteiger partial charge is 0.0439 e. The van der Waals surface area contributed by atoms with E-state index >= 15 is 0 Å². The van der Waals surface area contributed by atoms with Crippen LogP contribution in [0.5, 0.6) is 0 Å². The van der Waals surface area contributed by atoms with Crippen molar-refractivity contribution in [1.82, 2.24) is 5.43 Å². The Kier molecular flexibility index (Phi) is 7.77. The van der Waals surface area contributed by atoms with Crippen molar-refractivity contribution in [3.8, 4) is 0 Å². The fourth-order valence-corrected chi connectivity index (χ4v) is 2.98. The lowest BCUT2D eigenvalue weighted by Gasteiger charge is -2.26. The topological polar surface area (TPSA) is 38.0 Å². The molecule has 1 aromatic rings. The van der Waals surface area contributed by atoms with Gasteiger partial charge in [-0.3, -0.25) is 11.3 Å². The van der Waals surface area contributed by atoms with E-state index < -0.39 is 0 Å². The van der Waals surface area contributed by atoms with Crippen molar-refractivity contribution in [2.24, 2.45) is 11.8 Å². The molecule has 1 rings (SSSR count). The summed E-state index contributed by atoms with van der Waals surface area (Å²) in [6, 6.07) is 5.84. The Balaban J connectivity index is 2.81. The standard InChI is InChI=1S/C15H24Cl2N2/c1-3-5-11(6-4-2)15(19-18)10-12-9-13(16)7-8-14(12)17/h7-9,11,15,19H,3-6,10,18H2,1-2H3. The molecule has 0 bridgehead atoms. The number of nitrogens with one attached hydrogen (secondary N) is 1. The third kappa shape index (κ3) is 5.31. The van der Waals surface area contributed by atoms with Crippen molar-refractivity contribution in [2.75, 3.05) is 0 Å². The van der Waals surface area contributed by atoms with Gasteiger partial charge in [-0.25, -0.2) is 0 Å². The predicted octanol–water partition coefficient (Wildman–Crippen LogP) is 4.58. The van der Waals surface area contributed by atoms with Gasteiger partial charge in [0, 0.05) is 16.1 Å². The first kappa shape index (κ1) is 16.8. The Morgan fingerprint density at radius 3 is 2.32 bits per heavy atom. The maximum absolute atomic E-state index is 6.23. The normalized spacial score (nSPS) is 12.9. The van der Waals surface area contributed by atoms with Crippen LogP contribution in [-0.2, 0) is 6.42 Å². The molecule has 108 valence electrons. The van der Waals surface area contributed by atoms with E-state index in [2.05, 4.69) is 19.3 Å². The van der Waals surface area contributed by atoms with Gasteiger partial charge in [0.15, 0.2) is 0 Å². The van der Waals surface area contributed by atoms with Crippen molar-refractivity contribution in [2.45, 2.75) is 52.0 Å². The van der Waals surface area contributed by atoms with Gasteiger partial charge < -0.3 is 0 Å². The lowest BCUT2D eigenvalue weighted by atomic mass is 9.87. The summed E-state index contributed by atoms with van der Waals surface area (Å²) in [5, 5.41) is 1.48. The zero-order valence-corrected chi connectivity index (χ0v) is 13.3. The van der Waals surface area contributed by atoms with Crippen LogP contribution < -0.4 is 11.3 Å². The van der Waals surface area contributed by atoms with Crippen LogP contribution in [0.2, 0.25) is 10.0 Å². The number of halogens is 2. The minimum Gasteiger partial charge on any atom is -0.271 e. The van der Waals surface area contributed by atoms with Gasteiger partial charge in [0.2, 0.25) is 0 Å². The van der Waals surface area contributed by atoms with Gasteiger partial charge >= 0.3 is 0 Å². The van der Waals surface area contributed by atoms with Crippen LogP contribution in [0.25, 0.3) is 0 Å². The van der Waals surface area contributed by atoms with Crippen LogP contribution in [0, 0.1) is 5.92 Å². The van der Waals surface area contributed by atoms with Gasteiger partial charge in [0.05, 0.1) is 0 Å². The molecule has 0 aliphatic rings. The molecule has 0 spiro atoms. The molecule has 4 heteroatoms. The summed E-state index contributed by atoms with van der Waals surface area (Å²) < 4.78 is 0. The highest BCUT2D eigenvalue weighted by atomic mass is 35.5. The monoisotopic (exact) mass is 302 g/mol. The van der Waals surface area contributed by atoms with E-state index in [1.807, 2.05) is 18.2 Å². The van der Waals surface area contributed by atoms with Crippen LogP contribution in [0.15, 0.2) is 18.2 Å². The van der Waals surface area contributed by atoms with Gasteiger partial charge in [0.1, 0.15) is 0 Å². The Labute approximate surface area is 126 Å². The summed E-state index contributed by atoms with van der Waals surface area (Å²) >= 11 is 12.3. The fraction of sp³-hybridized carbons (Fsp3) is 0.600. The van der Waals surface area contributed by atoms with Gasteiger partial charge in [0.25, 0.3) is 0 Å². The Morgan fingerprint density at radius 2 is 1.79 bits per heavy atom. The molecule has 19 heavy (non-hydrogen) atoms. The van der Waals surface area contributed by atoms with E-state index in [1.165, 1.54) is 25.7 Å². The maximum Gasteiger partial charge on any atom is 0.0439 e. The first-order chi connectivity index (χ1) is 9.12. The lowest BCUT2D eigenvalue weighted by molar-refractivity contribution is 0.311. The summed E-state index contributed by atoms with van der Waals surface area (Å²) in [5.41, 5.74) is 4.03. The third-order valence-corrected chi connectivity index (χ3v) is 4.15. The molecule has 0 aromatic heterocycles. The molecule has 0 aliphatic carbocycles. The van der Waals surface area contributed by atoms with Gasteiger partial charge in [-0.2, -0.15) is 0 Å². The van der Waals surface area contributed by atoms with E-state index in [-0.39, 0.29) is 6.04 Å². The molecule has 0 fully saturated rings. The SMILES string of the molecule is CCCC(CCC)C(Cc1cc(Cl)ccc1Cl)NN. The van der Waals surface area contributed by atoms with Crippen molar-refractivity contribution in [3.63, 3.8) is 0 Å². The number of hydrogen-bond donors (Lipinski definition) is 2. The first-order valence-corrected chi connectivity index (χ1v) is 7.78. The van der Waals surface area contributed by atoms with Gasteiger partial charge in [-0.1, -0.05) is 49.9 Å². The largest absolute Gasteiger partial charge is 0.271 e. The van der Waals surface area contributed by atoms with Gasteiger partial charge in [-0.15, -0.1) is 0 Å². The van der Waals surface area contributed by atoms with Gasteiger partial charge in [-0.05, 0) is 48.9 Å². The molecule has 0 saturated carbocycles. The van der Waals surface area contributed by atoms with Crippen LogP contribution >= 0.6 is 23.2 Å².